The van der Waals surface area contributed by atoms with Crippen molar-refractivity contribution in [2.75, 3.05) is 0 Å². The van der Waals surface area contributed by atoms with Crippen LogP contribution in [-0.2, 0) is 739 Å². The molecule has 0 amide bonds. The molecule has 0 saturated heterocycles. The van der Waals surface area contributed by atoms with Gasteiger partial charge < -0.3 is 0 Å². The Kier molecular flexibility index (Phi) is 4900. The van der Waals surface area contributed by atoms with Crippen LogP contribution < -0.4 is 0 Å². The fourth-order valence-corrected chi connectivity index (χ4v) is 0. The summed E-state index contributed by atoms with van der Waals surface area (Å²) in [6, 6.07) is 0. The van der Waals surface area contributed by atoms with Crippen molar-refractivity contribution in [2.24, 2.45) is 0 Å². The standard InChI is InChI=1S/H3P.S.40V/h1H3;;;;;;;;;;;;;;;;;;;;;;;;;;;;;;;;;;;;;;;;;. The van der Waals surface area contributed by atoms with Gasteiger partial charge in [0.25, 0.3) is 0 Å². The molecule has 0 aromatic heterocycles. The first-order valence-electron chi connectivity index (χ1n) is 0.183. The summed E-state index contributed by atoms with van der Waals surface area (Å²) in [5, 5.41) is 0. The van der Waals surface area contributed by atoms with Gasteiger partial charge in [0.15, 0.2) is 0 Å². The summed E-state index contributed by atoms with van der Waals surface area (Å²) in [6.45, 7) is 0. The average molecular weight is 2100 g/mol. The molecule has 0 heterocycles. The third kappa shape index (κ3) is 441. The van der Waals surface area contributed by atoms with Crippen molar-refractivity contribution in [1.29, 1.82) is 0 Å². The van der Waals surface area contributed by atoms with Gasteiger partial charge in [0.1, 0.15) is 0 Å². The minimum Gasteiger partial charge on any atom is 0 e. The third-order valence-electron chi connectivity index (χ3n) is 0. The molecule has 0 nitrogen and oxygen atoms in total. The molecule has 0 aliphatic heterocycles. The van der Waals surface area contributed by atoms with Crippen molar-refractivity contribution in [3.8, 4) is 0 Å². The summed E-state index contributed by atoms with van der Waals surface area (Å²) < 4.78 is 0. The van der Waals surface area contributed by atoms with Crippen LogP contribution in [0.2, 0.25) is 0 Å². The zero-order valence-corrected chi connectivity index (χ0v) is 77.1. The van der Waals surface area contributed by atoms with Crippen LogP contribution in [0.3, 0.4) is 0 Å². The monoisotopic (exact) mass is 2100 g/mol. The van der Waals surface area contributed by atoms with Crippen LogP contribution in [0.5, 0.6) is 0 Å². The summed E-state index contributed by atoms with van der Waals surface area (Å²) >= 11 is 1.90. The molecule has 0 bridgehead atoms. The fraction of sp³-hybridized carbons (Fsp3) is 0. The molecule has 1 atom stereocenters. The normalized spacial score (nSPS) is 0.0714. The number of rotatable bonds is 0. The van der Waals surface area contributed by atoms with Gasteiger partial charge in [-0.15, -0.1) is 0 Å². The molecule has 0 saturated carbocycles. The van der Waals surface area contributed by atoms with Gasteiger partial charge in [0.05, 0.1) is 0 Å². The van der Waals surface area contributed by atoms with Crippen LogP contribution in [0.1, 0.15) is 0 Å². The van der Waals surface area contributed by atoms with E-state index in [1.807, 2.05) is 15.7 Å². The van der Waals surface area contributed by atoms with E-state index < -0.39 is 0 Å². The minimum absolute atomic E-state index is 0. The Bertz CT molecular complexity index is 13.6. The van der Waals surface area contributed by atoms with E-state index >= 15 is 0 Å². The molecule has 42 heteroatoms. The van der Waals surface area contributed by atoms with Crippen LogP contribution in [0, 0.1) is 0 Å². The summed E-state index contributed by atoms with van der Waals surface area (Å²) in [7, 11) is 4.02. The Hall–Kier alpha value is 24.0. The van der Waals surface area contributed by atoms with Crippen LogP contribution in [0.25, 0.3) is 0 Å². The maximum atomic E-state index is 4.02. The van der Waals surface area contributed by atoms with E-state index in [9.17, 15) is 0 Å². The van der Waals surface area contributed by atoms with Crippen LogP contribution in [0.4, 0.5) is 0 Å². The Morgan fingerprint density at radius 2 is 0.119 bits per heavy atom. The summed E-state index contributed by atoms with van der Waals surface area (Å²) in [6.07, 6.45) is 0. The molecule has 0 fully saturated rings. The summed E-state index contributed by atoms with van der Waals surface area (Å²) in [5.41, 5.74) is 0. The van der Waals surface area contributed by atoms with E-state index in [1.54, 1.807) is 0 Å². The molecule has 0 aromatic rings. The van der Waals surface area contributed by atoms with Crippen LogP contribution in [-0.4, -0.2) is 0 Å². The van der Waals surface area contributed by atoms with Gasteiger partial charge in [0.2, 0.25) is 0 Å². The Labute approximate surface area is 739 Å². The van der Waals surface area contributed by atoms with Crippen molar-refractivity contribution >= 4 is 20.2 Å². The van der Waals surface area contributed by atoms with E-state index in [2.05, 4.69) is 10.3 Å². The Morgan fingerprint density at radius 3 is 0.119 bits per heavy atom. The predicted octanol–water partition coefficient (Wildman–Crippen LogP) is 0.606. The van der Waals surface area contributed by atoms with Gasteiger partial charge in [-0.1, -0.05) is 0 Å². The molecule has 39 radical (unpaired) electrons. The first-order chi connectivity index (χ1) is 1.00. The molecular formula is H3PSV40. The third-order valence-corrected chi connectivity index (χ3v) is 0. The van der Waals surface area contributed by atoms with E-state index in [0.29, 0.717) is 0 Å². The van der Waals surface area contributed by atoms with Crippen molar-refractivity contribution in [3.05, 3.63) is 0 Å². The summed E-state index contributed by atoms with van der Waals surface area (Å²) in [5.74, 6) is 0. The number of hydrogen-bond acceptors (Lipinski definition) is 1. The molecule has 0 rings (SSSR count). The Morgan fingerprint density at radius 1 is 0.119 bits per heavy atom. The van der Waals surface area contributed by atoms with Gasteiger partial charge in [-0.25, -0.2) is 0 Å². The van der Waals surface area contributed by atoms with Gasteiger partial charge in [-0.2, -0.15) is 9.90 Å². The maximum absolute atomic E-state index is 4.02. The van der Waals surface area contributed by atoms with Gasteiger partial charge >= 0.3 is 26.0 Å². The van der Waals surface area contributed by atoms with E-state index in [0.717, 1.165) is 0 Å². The molecular weight excluding hydrogens is 2100 g/mol. The number of hydrogen-bond donors (Lipinski definition) is 0. The van der Waals surface area contributed by atoms with Crippen molar-refractivity contribution in [2.45, 2.75) is 0 Å². The SMILES string of the molecule is P.[S]=[V].[V].[V].[V].[V].[V].[V].[V].[V].[V].[V].[V].[V].[V].[V].[V].[V].[V].[V].[V].[V].[V].[V].[V].[V].[V].[V].[V].[V].[V].[V].[V].[V].[V].[V].[V].[V].[V].[V].[V]. The maximum Gasteiger partial charge on any atom is 0 e. The second-order valence-corrected chi connectivity index (χ2v) is 0. The van der Waals surface area contributed by atoms with Gasteiger partial charge in [0, 0.05) is 724 Å². The quantitative estimate of drug-likeness (QED) is 0.321. The zero-order valence-electron chi connectivity index (χ0n) is 19.0. The van der Waals surface area contributed by atoms with Crippen molar-refractivity contribution in [1.82, 2.24) is 0 Å². The van der Waals surface area contributed by atoms with E-state index in [1.165, 1.54) is 0 Å². The molecule has 0 aliphatic carbocycles. The van der Waals surface area contributed by atoms with E-state index in [4.69, 9.17) is 0 Å². The van der Waals surface area contributed by atoms with Crippen LogP contribution >= 0.6 is 20.2 Å². The minimum atomic E-state index is 0. The largest absolute Gasteiger partial charge is 0 e. The molecule has 0 aliphatic rings. The Balaban J connectivity index is -0.00000000000641. The second-order valence-electron chi connectivity index (χ2n) is 0. The first-order valence-corrected chi connectivity index (χ1v) is 2.26. The molecule has 42 heavy (non-hydrogen) atoms. The van der Waals surface area contributed by atoms with Gasteiger partial charge in [-0.05, 0) is 0 Å². The van der Waals surface area contributed by atoms with Crippen molar-refractivity contribution in [3.63, 3.8) is 0 Å². The topological polar surface area (TPSA) is 0 Å². The molecule has 0 aromatic carbocycles. The molecule has 1 unspecified atom stereocenters. The van der Waals surface area contributed by atoms with E-state index in [-0.39, 0.29) is 734 Å². The molecule has 214 valence electrons. The average Bonchev–Trinajstić information content (AvgIpc) is 1.00. The fourth-order valence-electron chi connectivity index (χ4n) is 0. The predicted molar refractivity (Wildman–Crippen MR) is 18.7 cm³/mol. The molecule has 0 N–H and O–H groups in total. The zero-order chi connectivity index (χ0) is 2.00. The molecule has 0 spiro atoms. The first kappa shape index (κ1) is 446. The summed E-state index contributed by atoms with van der Waals surface area (Å²) in [4.78, 5) is 0. The second kappa shape index (κ2) is 462. The van der Waals surface area contributed by atoms with Gasteiger partial charge in [-0.3, -0.25) is 0 Å². The van der Waals surface area contributed by atoms with Crippen molar-refractivity contribution < 1.29 is 739 Å². The smallest absolute Gasteiger partial charge is 0 e. The van der Waals surface area contributed by atoms with Crippen LogP contribution in [0.15, 0.2) is 0 Å².